The van der Waals surface area contributed by atoms with E-state index in [0.29, 0.717) is 17.7 Å². The summed E-state index contributed by atoms with van der Waals surface area (Å²) >= 11 is 0. The quantitative estimate of drug-likeness (QED) is 0.320. The molecule has 0 radical (unpaired) electrons. The number of hydrogen-bond donors (Lipinski definition) is 4. The zero-order valence-electron chi connectivity index (χ0n) is 15.1. The van der Waals surface area contributed by atoms with Crippen LogP contribution in [0.3, 0.4) is 0 Å². The van der Waals surface area contributed by atoms with E-state index < -0.39 is 42.6 Å². The van der Waals surface area contributed by atoms with Crippen LogP contribution in [0.15, 0.2) is 24.3 Å². The Morgan fingerprint density at radius 3 is 2.67 bits per heavy atom. The highest BCUT2D eigenvalue weighted by Gasteiger charge is 2.45. The number of aliphatic hydroxyl groups is 3. The first-order chi connectivity index (χ1) is 12.8. The van der Waals surface area contributed by atoms with Crippen molar-refractivity contribution in [1.29, 1.82) is 0 Å². The average molecular weight is 380 g/mol. The maximum absolute atomic E-state index is 12.6. The zero-order valence-corrected chi connectivity index (χ0v) is 15.1. The van der Waals surface area contributed by atoms with Crippen LogP contribution in [0, 0.1) is 0 Å². The van der Waals surface area contributed by atoms with Gasteiger partial charge in [-0.1, -0.05) is 12.2 Å². The second-order valence-corrected chi connectivity index (χ2v) is 6.87. The predicted molar refractivity (Wildman–Crippen MR) is 93.5 cm³/mol. The molecule has 1 fully saturated rings. The molecular formula is C19H24O8. The maximum Gasteiger partial charge on any atom is 0.342 e. The van der Waals surface area contributed by atoms with Crippen molar-refractivity contribution in [3.8, 4) is 11.5 Å². The van der Waals surface area contributed by atoms with E-state index in [1.54, 1.807) is 19.1 Å². The highest BCUT2D eigenvalue weighted by atomic mass is 16.6. The molecule has 0 aliphatic carbocycles. The van der Waals surface area contributed by atoms with Gasteiger partial charge in [-0.05, 0) is 13.0 Å². The average Bonchev–Trinajstić information content (AvgIpc) is 3.38. The third-order valence-corrected chi connectivity index (χ3v) is 4.78. The molecule has 1 aromatic rings. The Hall–Kier alpha value is -2.13. The monoisotopic (exact) mass is 380 g/mol. The summed E-state index contributed by atoms with van der Waals surface area (Å²) in [6.45, 7) is 1.67. The SMILES string of the molecule is COc1cc(O)c2c(c1)C1O[C@H]1C[C@H](O)[C@H](O)C(O)/C=C\C[C@H](C)OC2=O. The first kappa shape index (κ1) is 19.6. The van der Waals surface area contributed by atoms with Crippen LogP contribution in [0.2, 0.25) is 0 Å². The van der Waals surface area contributed by atoms with Crippen molar-refractivity contribution in [2.24, 2.45) is 0 Å². The molecule has 1 aromatic carbocycles. The molecule has 2 unspecified atom stereocenters. The number of phenolic OH excluding ortho intramolecular Hbond substituents is 1. The number of aromatic hydroxyl groups is 1. The van der Waals surface area contributed by atoms with Gasteiger partial charge in [0, 0.05) is 24.5 Å². The second kappa shape index (κ2) is 7.85. The van der Waals surface area contributed by atoms with E-state index >= 15 is 0 Å². The van der Waals surface area contributed by atoms with Crippen molar-refractivity contribution < 1.29 is 39.4 Å². The summed E-state index contributed by atoms with van der Waals surface area (Å²) in [5.74, 6) is -0.630. The number of cyclic esters (lactones) is 1. The fourth-order valence-electron chi connectivity index (χ4n) is 3.20. The minimum Gasteiger partial charge on any atom is -0.507 e. The number of epoxide rings is 1. The van der Waals surface area contributed by atoms with Crippen molar-refractivity contribution >= 4 is 5.97 Å². The van der Waals surface area contributed by atoms with Crippen LogP contribution in [0.25, 0.3) is 0 Å². The summed E-state index contributed by atoms with van der Waals surface area (Å²) in [5.41, 5.74) is 0.384. The number of hydrogen-bond acceptors (Lipinski definition) is 8. The van der Waals surface area contributed by atoms with Gasteiger partial charge in [-0.3, -0.25) is 0 Å². The Morgan fingerprint density at radius 2 is 1.96 bits per heavy atom. The number of benzene rings is 1. The smallest absolute Gasteiger partial charge is 0.342 e. The molecule has 0 amide bonds. The number of carbonyl (C=O) groups excluding carboxylic acids is 1. The molecule has 0 saturated carbocycles. The van der Waals surface area contributed by atoms with E-state index in [0.717, 1.165) is 0 Å². The third-order valence-electron chi connectivity index (χ3n) is 4.78. The molecule has 2 aliphatic rings. The summed E-state index contributed by atoms with van der Waals surface area (Å²) in [6.07, 6.45) is -2.15. The lowest BCUT2D eigenvalue weighted by Gasteiger charge is -2.21. The number of ether oxygens (including phenoxy) is 3. The van der Waals surface area contributed by atoms with Crippen molar-refractivity contribution in [2.75, 3.05) is 7.11 Å². The van der Waals surface area contributed by atoms with E-state index in [9.17, 15) is 25.2 Å². The molecule has 0 aromatic heterocycles. The van der Waals surface area contributed by atoms with Gasteiger partial charge in [0.05, 0.1) is 19.3 Å². The Kier molecular flexibility index (Phi) is 5.71. The number of methoxy groups -OCH3 is 1. The van der Waals surface area contributed by atoms with Crippen molar-refractivity contribution in [3.63, 3.8) is 0 Å². The standard InChI is InChI=1S/C19H24O8/c1-9-4-3-5-12(20)17(23)14(22)8-15-18(27-15)11-6-10(25-2)7-13(21)16(11)19(24)26-9/h3,5-7,9,12,14-15,17-18,20-23H,4,8H2,1-2H3/b5-3-/t9-,12?,14-,15-,17+,18?/m0/s1. The minimum absolute atomic E-state index is 0.00809. The first-order valence-corrected chi connectivity index (χ1v) is 8.80. The van der Waals surface area contributed by atoms with Crippen LogP contribution >= 0.6 is 0 Å². The van der Waals surface area contributed by atoms with Crippen LogP contribution in [0.1, 0.15) is 41.8 Å². The molecule has 0 bridgehead atoms. The molecular weight excluding hydrogens is 356 g/mol. The number of aliphatic hydroxyl groups excluding tert-OH is 3. The van der Waals surface area contributed by atoms with Crippen LogP contribution < -0.4 is 4.74 Å². The van der Waals surface area contributed by atoms with E-state index in [-0.39, 0.29) is 17.7 Å². The molecule has 0 spiro atoms. The van der Waals surface area contributed by atoms with Crippen LogP contribution in [0.4, 0.5) is 0 Å². The third kappa shape index (κ3) is 4.24. The molecule has 148 valence electrons. The zero-order chi connectivity index (χ0) is 19.7. The lowest BCUT2D eigenvalue weighted by atomic mass is 9.96. The van der Waals surface area contributed by atoms with E-state index in [4.69, 9.17) is 14.2 Å². The molecule has 1 saturated heterocycles. The van der Waals surface area contributed by atoms with Gasteiger partial charge in [-0.2, -0.15) is 0 Å². The van der Waals surface area contributed by atoms with Gasteiger partial charge < -0.3 is 34.6 Å². The van der Waals surface area contributed by atoms with Crippen molar-refractivity contribution in [2.45, 2.75) is 56.4 Å². The maximum atomic E-state index is 12.6. The normalized spacial score (nSPS) is 35.2. The van der Waals surface area contributed by atoms with Crippen LogP contribution in [-0.2, 0) is 9.47 Å². The van der Waals surface area contributed by atoms with E-state index in [2.05, 4.69) is 0 Å². The Bertz CT molecular complexity index is 731. The number of carbonyl (C=O) groups is 1. The van der Waals surface area contributed by atoms with Crippen molar-refractivity contribution in [1.82, 2.24) is 0 Å². The van der Waals surface area contributed by atoms with Crippen LogP contribution in [0.5, 0.6) is 11.5 Å². The Morgan fingerprint density at radius 1 is 1.22 bits per heavy atom. The molecule has 2 heterocycles. The Labute approximate surface area is 156 Å². The van der Waals surface area contributed by atoms with Gasteiger partial charge in [0.25, 0.3) is 0 Å². The summed E-state index contributed by atoms with van der Waals surface area (Å²) in [5, 5.41) is 40.5. The van der Waals surface area contributed by atoms with Gasteiger partial charge in [0.15, 0.2) is 0 Å². The predicted octanol–water partition coefficient (Wildman–Crippen LogP) is 0.819. The Balaban J connectivity index is 1.97. The fraction of sp³-hybridized carbons (Fsp3) is 0.526. The van der Waals surface area contributed by atoms with Gasteiger partial charge in [-0.15, -0.1) is 0 Å². The van der Waals surface area contributed by atoms with Gasteiger partial charge in [0.2, 0.25) is 0 Å². The molecule has 2 aliphatic heterocycles. The fourth-order valence-corrected chi connectivity index (χ4v) is 3.20. The molecule has 6 atom stereocenters. The minimum atomic E-state index is -1.37. The summed E-state index contributed by atoms with van der Waals surface area (Å²) in [7, 11) is 1.43. The summed E-state index contributed by atoms with van der Waals surface area (Å²) in [4.78, 5) is 12.6. The molecule has 8 heteroatoms. The van der Waals surface area contributed by atoms with Gasteiger partial charge in [0.1, 0.15) is 41.5 Å². The molecule has 3 rings (SSSR count). The number of fused-ring (bicyclic) bond motifs is 3. The highest BCUT2D eigenvalue weighted by molar-refractivity contribution is 5.95. The van der Waals surface area contributed by atoms with E-state index in [1.165, 1.54) is 19.3 Å². The molecule has 27 heavy (non-hydrogen) atoms. The van der Waals surface area contributed by atoms with Crippen LogP contribution in [-0.4, -0.2) is 64.0 Å². The summed E-state index contributed by atoms with van der Waals surface area (Å²) < 4.78 is 16.1. The van der Waals surface area contributed by atoms with Gasteiger partial charge >= 0.3 is 5.97 Å². The second-order valence-electron chi connectivity index (χ2n) is 6.87. The summed E-state index contributed by atoms with van der Waals surface area (Å²) in [6, 6.07) is 2.90. The number of esters is 1. The molecule has 4 N–H and O–H groups in total. The first-order valence-electron chi connectivity index (χ1n) is 8.80. The number of phenols is 1. The highest BCUT2D eigenvalue weighted by Crippen LogP contribution is 2.46. The lowest BCUT2D eigenvalue weighted by Crippen LogP contribution is -2.37. The topological polar surface area (TPSA) is 129 Å². The van der Waals surface area contributed by atoms with E-state index in [1.807, 2.05) is 0 Å². The van der Waals surface area contributed by atoms with Gasteiger partial charge in [-0.25, -0.2) is 4.79 Å². The number of rotatable bonds is 1. The lowest BCUT2D eigenvalue weighted by molar-refractivity contribution is -0.0464. The largest absolute Gasteiger partial charge is 0.507 e. The molecule has 8 nitrogen and oxygen atoms in total. The van der Waals surface area contributed by atoms with Crippen molar-refractivity contribution in [3.05, 3.63) is 35.4 Å².